The Kier molecular flexibility index (Phi) is 8.37. The Morgan fingerprint density at radius 3 is 2.61 bits per heavy atom. The molecule has 186 valence electrons. The number of ketones is 1. The Labute approximate surface area is 212 Å². The molecule has 4 rings (SSSR count). The standard InChI is InChI=1S/C30H31NO5/c1-3-25-27(15-14-26(20(2)32)29(25)33)35-19-21-10-12-23(13-11-21)30(36-28-9-4-5-16-34-28)24-8-6-7-22(17-24)18-31/h6-8,10-15,17,28,30,33H,3-5,9,16,19H2,1-2H3. The van der Waals surface area contributed by atoms with Crippen molar-refractivity contribution in [2.75, 3.05) is 6.61 Å². The van der Waals surface area contributed by atoms with Crippen molar-refractivity contribution in [3.63, 3.8) is 0 Å². The third-order valence-corrected chi connectivity index (χ3v) is 6.39. The van der Waals surface area contributed by atoms with Crippen LogP contribution in [0.5, 0.6) is 11.5 Å². The molecule has 6 nitrogen and oxygen atoms in total. The van der Waals surface area contributed by atoms with Gasteiger partial charge in [0.1, 0.15) is 24.2 Å². The summed E-state index contributed by atoms with van der Waals surface area (Å²) in [5.74, 6) is 0.371. The summed E-state index contributed by atoms with van der Waals surface area (Å²) in [6.45, 7) is 4.35. The fourth-order valence-electron chi connectivity index (χ4n) is 4.42. The van der Waals surface area contributed by atoms with E-state index in [-0.39, 0.29) is 23.9 Å². The van der Waals surface area contributed by atoms with Crippen molar-refractivity contribution in [1.29, 1.82) is 5.26 Å². The molecule has 1 saturated heterocycles. The third kappa shape index (κ3) is 5.93. The highest BCUT2D eigenvalue weighted by molar-refractivity contribution is 5.97. The molecule has 1 heterocycles. The number of benzene rings is 3. The highest BCUT2D eigenvalue weighted by Gasteiger charge is 2.23. The first-order valence-electron chi connectivity index (χ1n) is 12.3. The first-order valence-corrected chi connectivity index (χ1v) is 12.3. The van der Waals surface area contributed by atoms with Gasteiger partial charge in [0.25, 0.3) is 0 Å². The molecule has 3 aromatic carbocycles. The van der Waals surface area contributed by atoms with Crippen LogP contribution in [0.15, 0.2) is 60.7 Å². The molecule has 0 aliphatic carbocycles. The van der Waals surface area contributed by atoms with Gasteiger partial charge in [-0.15, -0.1) is 0 Å². The summed E-state index contributed by atoms with van der Waals surface area (Å²) in [4.78, 5) is 11.7. The molecule has 1 N–H and O–H groups in total. The second-order valence-corrected chi connectivity index (χ2v) is 8.93. The van der Waals surface area contributed by atoms with E-state index in [1.165, 1.54) is 6.92 Å². The van der Waals surface area contributed by atoms with Gasteiger partial charge in [0.05, 0.1) is 17.2 Å². The number of aromatic hydroxyl groups is 1. The number of Topliss-reactive ketones (excluding diaryl/α,β-unsaturated/α-hetero) is 1. The predicted molar refractivity (Wildman–Crippen MR) is 136 cm³/mol. The van der Waals surface area contributed by atoms with Gasteiger partial charge in [-0.05, 0) is 73.6 Å². The van der Waals surface area contributed by atoms with Crippen molar-refractivity contribution in [3.05, 3.63) is 94.0 Å². The number of hydrogen-bond acceptors (Lipinski definition) is 6. The van der Waals surface area contributed by atoms with Gasteiger partial charge in [-0.1, -0.05) is 43.3 Å². The van der Waals surface area contributed by atoms with Gasteiger partial charge in [-0.25, -0.2) is 0 Å². The van der Waals surface area contributed by atoms with Crippen LogP contribution in [0, 0.1) is 11.3 Å². The molecule has 0 radical (unpaired) electrons. The minimum absolute atomic E-state index is 0.0117. The molecule has 3 aromatic rings. The number of nitrogens with zero attached hydrogens (tertiary/aromatic N) is 1. The molecular formula is C30H31NO5. The molecule has 36 heavy (non-hydrogen) atoms. The summed E-state index contributed by atoms with van der Waals surface area (Å²) in [5.41, 5.74) is 4.33. The van der Waals surface area contributed by atoms with E-state index in [9.17, 15) is 15.2 Å². The second-order valence-electron chi connectivity index (χ2n) is 8.93. The number of hydrogen-bond donors (Lipinski definition) is 1. The van der Waals surface area contributed by atoms with E-state index in [1.54, 1.807) is 18.2 Å². The number of phenolic OH excluding ortho intramolecular Hbond substituents is 1. The molecule has 0 amide bonds. The largest absolute Gasteiger partial charge is 0.507 e. The van der Waals surface area contributed by atoms with Crippen LogP contribution in [0.2, 0.25) is 0 Å². The molecule has 6 heteroatoms. The van der Waals surface area contributed by atoms with E-state index in [2.05, 4.69) is 6.07 Å². The SMILES string of the molecule is CCc1c(OCc2ccc(C(OC3CCCCO3)c3cccc(C#N)c3)cc2)ccc(C(C)=O)c1O. The van der Waals surface area contributed by atoms with Crippen molar-refractivity contribution < 1.29 is 24.1 Å². The zero-order valence-electron chi connectivity index (χ0n) is 20.7. The fourth-order valence-corrected chi connectivity index (χ4v) is 4.42. The van der Waals surface area contributed by atoms with Crippen LogP contribution in [-0.2, 0) is 22.5 Å². The first-order chi connectivity index (χ1) is 17.5. The van der Waals surface area contributed by atoms with Gasteiger partial charge in [-0.2, -0.15) is 5.26 Å². The fraction of sp³-hybridized carbons (Fsp3) is 0.333. The first kappa shape index (κ1) is 25.4. The molecule has 0 aromatic heterocycles. The Morgan fingerprint density at radius 1 is 1.14 bits per heavy atom. The highest BCUT2D eigenvalue weighted by Crippen LogP contribution is 2.34. The average Bonchev–Trinajstić information content (AvgIpc) is 2.91. The summed E-state index contributed by atoms with van der Waals surface area (Å²) in [5, 5.41) is 19.8. The smallest absolute Gasteiger partial charge is 0.163 e. The quantitative estimate of drug-likeness (QED) is 0.361. The number of carbonyl (C=O) groups excluding carboxylic acids is 1. The monoisotopic (exact) mass is 485 g/mol. The van der Waals surface area contributed by atoms with Gasteiger partial charge in [0.15, 0.2) is 12.1 Å². The van der Waals surface area contributed by atoms with Gasteiger partial charge < -0.3 is 19.3 Å². The number of carbonyl (C=O) groups is 1. The van der Waals surface area contributed by atoms with Crippen LogP contribution in [0.4, 0.5) is 0 Å². The van der Waals surface area contributed by atoms with Gasteiger partial charge in [0, 0.05) is 12.2 Å². The number of ether oxygens (including phenoxy) is 3. The van der Waals surface area contributed by atoms with Crippen molar-refractivity contribution in [2.24, 2.45) is 0 Å². The number of nitriles is 1. The molecule has 2 atom stereocenters. The maximum Gasteiger partial charge on any atom is 0.163 e. The molecule has 1 fully saturated rings. The lowest BCUT2D eigenvalue weighted by Gasteiger charge is -2.28. The van der Waals surface area contributed by atoms with Crippen LogP contribution >= 0.6 is 0 Å². The van der Waals surface area contributed by atoms with E-state index < -0.39 is 0 Å². The Hall–Kier alpha value is -3.66. The zero-order valence-corrected chi connectivity index (χ0v) is 20.7. The minimum Gasteiger partial charge on any atom is -0.507 e. The molecule has 0 saturated carbocycles. The van der Waals surface area contributed by atoms with Crippen molar-refractivity contribution in [1.82, 2.24) is 0 Å². The van der Waals surface area contributed by atoms with Gasteiger partial charge >= 0.3 is 0 Å². The van der Waals surface area contributed by atoms with E-state index in [4.69, 9.17) is 14.2 Å². The lowest BCUT2D eigenvalue weighted by molar-refractivity contribution is -0.181. The maximum atomic E-state index is 11.7. The molecule has 0 bridgehead atoms. The zero-order chi connectivity index (χ0) is 25.5. The van der Waals surface area contributed by atoms with E-state index in [1.807, 2.05) is 49.4 Å². The van der Waals surface area contributed by atoms with Crippen LogP contribution in [0.3, 0.4) is 0 Å². The maximum absolute atomic E-state index is 11.7. The molecule has 1 aliphatic rings. The lowest BCUT2D eigenvalue weighted by Crippen LogP contribution is -2.25. The lowest BCUT2D eigenvalue weighted by atomic mass is 9.98. The average molecular weight is 486 g/mol. The minimum atomic E-state index is -0.362. The van der Waals surface area contributed by atoms with E-state index in [0.29, 0.717) is 42.1 Å². The predicted octanol–water partition coefficient (Wildman–Crippen LogP) is 6.24. The molecule has 2 unspecified atom stereocenters. The summed E-state index contributed by atoms with van der Waals surface area (Å²) in [7, 11) is 0. The van der Waals surface area contributed by atoms with Crippen LogP contribution in [0.1, 0.15) is 77.4 Å². The van der Waals surface area contributed by atoms with Crippen LogP contribution in [-0.4, -0.2) is 23.8 Å². The normalized spacial score (nSPS) is 16.2. The van der Waals surface area contributed by atoms with Crippen molar-refractivity contribution >= 4 is 5.78 Å². The van der Waals surface area contributed by atoms with E-state index >= 15 is 0 Å². The number of rotatable bonds is 9. The summed E-state index contributed by atoms with van der Waals surface area (Å²) in [6, 6.07) is 21.0. The van der Waals surface area contributed by atoms with E-state index in [0.717, 1.165) is 36.0 Å². The summed E-state index contributed by atoms with van der Waals surface area (Å²) in [6.07, 6.45) is 2.85. The summed E-state index contributed by atoms with van der Waals surface area (Å²) < 4.78 is 18.2. The van der Waals surface area contributed by atoms with Crippen molar-refractivity contribution in [3.8, 4) is 17.6 Å². The molecule has 1 aliphatic heterocycles. The van der Waals surface area contributed by atoms with Gasteiger partial charge in [0.2, 0.25) is 0 Å². The Bertz CT molecular complexity index is 1240. The van der Waals surface area contributed by atoms with Crippen LogP contribution in [0.25, 0.3) is 0 Å². The van der Waals surface area contributed by atoms with Crippen LogP contribution < -0.4 is 4.74 Å². The number of phenols is 1. The van der Waals surface area contributed by atoms with Gasteiger partial charge in [-0.3, -0.25) is 4.79 Å². The second kappa shape index (κ2) is 11.9. The highest BCUT2D eigenvalue weighted by atomic mass is 16.7. The molecule has 0 spiro atoms. The Morgan fingerprint density at radius 2 is 1.94 bits per heavy atom. The van der Waals surface area contributed by atoms with Crippen molar-refractivity contribution in [2.45, 2.75) is 58.5 Å². The molecular weight excluding hydrogens is 454 g/mol. The third-order valence-electron chi connectivity index (χ3n) is 6.39. The topological polar surface area (TPSA) is 88.8 Å². The Balaban J connectivity index is 1.53. The summed E-state index contributed by atoms with van der Waals surface area (Å²) >= 11 is 0.